The van der Waals surface area contributed by atoms with Crippen molar-refractivity contribution in [2.24, 2.45) is 0 Å². The van der Waals surface area contributed by atoms with Gasteiger partial charge in [0.05, 0.1) is 5.56 Å². The highest BCUT2D eigenvalue weighted by molar-refractivity contribution is 9.10. The summed E-state index contributed by atoms with van der Waals surface area (Å²) in [5.74, 6) is -0.481. The maximum Gasteiger partial charge on any atom is 0.341 e. The number of hydrogen-bond acceptors (Lipinski definition) is 6. The molecule has 0 unspecified atom stereocenters. The van der Waals surface area contributed by atoms with E-state index in [9.17, 15) is 9.59 Å². The normalized spacial score (nSPS) is 10.8. The fourth-order valence-electron chi connectivity index (χ4n) is 2.25. The predicted octanol–water partition coefficient (Wildman–Crippen LogP) is 4.03. The van der Waals surface area contributed by atoms with Crippen molar-refractivity contribution in [2.75, 3.05) is 6.26 Å². The highest BCUT2D eigenvalue weighted by Crippen LogP contribution is 2.23. The molecule has 0 radical (unpaired) electrons. The van der Waals surface area contributed by atoms with Crippen molar-refractivity contribution in [3.8, 4) is 0 Å². The van der Waals surface area contributed by atoms with E-state index in [1.165, 1.54) is 17.8 Å². The van der Waals surface area contributed by atoms with Gasteiger partial charge < -0.3 is 9.15 Å². The first kappa shape index (κ1) is 16.7. The van der Waals surface area contributed by atoms with Gasteiger partial charge >= 0.3 is 11.6 Å². The molecule has 2 aromatic heterocycles. The lowest BCUT2D eigenvalue weighted by atomic mass is 10.1. The number of halogens is 1. The topological polar surface area (TPSA) is 69.4 Å². The molecule has 7 heteroatoms. The van der Waals surface area contributed by atoms with Gasteiger partial charge in [-0.25, -0.2) is 14.6 Å². The molecule has 0 atom stereocenters. The minimum absolute atomic E-state index is 0.0225. The number of carbonyl (C=O) groups is 1. The van der Waals surface area contributed by atoms with Crippen LogP contribution in [0.4, 0.5) is 0 Å². The van der Waals surface area contributed by atoms with Gasteiger partial charge in [0.15, 0.2) is 0 Å². The second-order valence-corrected chi connectivity index (χ2v) is 6.58. The molecule has 0 saturated heterocycles. The maximum atomic E-state index is 12.3. The molecule has 3 aromatic rings. The number of fused-ring (bicyclic) bond motifs is 1. The van der Waals surface area contributed by atoms with Crippen molar-refractivity contribution in [3.05, 3.63) is 68.6 Å². The van der Waals surface area contributed by atoms with E-state index < -0.39 is 11.6 Å². The summed E-state index contributed by atoms with van der Waals surface area (Å²) >= 11 is 4.70. The average Bonchev–Trinajstić information content (AvgIpc) is 2.58. The Balaban J connectivity index is 1.88. The van der Waals surface area contributed by atoms with Gasteiger partial charge in [-0.05, 0) is 36.6 Å². The van der Waals surface area contributed by atoms with Crippen molar-refractivity contribution in [1.29, 1.82) is 0 Å². The van der Waals surface area contributed by atoms with E-state index in [0.717, 1.165) is 9.86 Å². The molecule has 0 aliphatic carbocycles. The number of carbonyl (C=O) groups excluding carboxylic acids is 1. The third-order valence-corrected chi connectivity index (χ3v) is 4.54. The van der Waals surface area contributed by atoms with Crippen LogP contribution in [0.5, 0.6) is 0 Å². The molecule has 3 rings (SSSR count). The molecule has 0 fully saturated rings. The molecule has 0 saturated carbocycles. The molecular weight excluding hydrogens is 394 g/mol. The van der Waals surface area contributed by atoms with Crippen LogP contribution in [0.1, 0.15) is 15.9 Å². The van der Waals surface area contributed by atoms with Crippen LogP contribution >= 0.6 is 27.7 Å². The Hall–Kier alpha value is -2.12. The van der Waals surface area contributed by atoms with E-state index in [1.54, 1.807) is 24.4 Å². The molecule has 0 N–H and O–H groups in total. The van der Waals surface area contributed by atoms with Crippen molar-refractivity contribution in [3.63, 3.8) is 0 Å². The number of rotatable bonds is 4. The Bertz CT molecular complexity index is 970. The predicted molar refractivity (Wildman–Crippen MR) is 95.3 cm³/mol. The molecule has 2 heterocycles. The van der Waals surface area contributed by atoms with Gasteiger partial charge in [0.2, 0.25) is 0 Å². The third-order valence-electron chi connectivity index (χ3n) is 3.34. The standard InChI is InChI=1S/C17H12BrNO4S/c1-24-16-13(3-2-6-19-16)17(21)22-9-10-7-15(20)23-14-8-11(18)4-5-12(10)14/h2-8H,9H2,1H3. The van der Waals surface area contributed by atoms with Crippen LogP contribution < -0.4 is 5.63 Å². The van der Waals surface area contributed by atoms with E-state index in [1.807, 2.05) is 18.4 Å². The number of esters is 1. The molecule has 5 nitrogen and oxygen atoms in total. The van der Waals surface area contributed by atoms with Gasteiger partial charge in [-0.3, -0.25) is 0 Å². The molecule has 24 heavy (non-hydrogen) atoms. The summed E-state index contributed by atoms with van der Waals surface area (Å²) in [6.07, 6.45) is 3.46. The third kappa shape index (κ3) is 3.52. The summed E-state index contributed by atoms with van der Waals surface area (Å²) in [4.78, 5) is 28.1. The summed E-state index contributed by atoms with van der Waals surface area (Å²) in [5, 5.41) is 1.32. The number of hydrogen-bond donors (Lipinski definition) is 0. The monoisotopic (exact) mass is 405 g/mol. The lowest BCUT2D eigenvalue weighted by Gasteiger charge is -2.09. The minimum atomic E-state index is -0.488. The Morgan fingerprint density at radius 1 is 1.33 bits per heavy atom. The first-order chi connectivity index (χ1) is 11.6. The van der Waals surface area contributed by atoms with Crippen LogP contribution in [0.3, 0.4) is 0 Å². The van der Waals surface area contributed by atoms with Crippen molar-refractivity contribution < 1.29 is 13.9 Å². The number of ether oxygens (including phenoxy) is 1. The van der Waals surface area contributed by atoms with Crippen molar-refractivity contribution in [1.82, 2.24) is 4.98 Å². The molecule has 0 aliphatic rings. The number of thioether (sulfide) groups is 1. The van der Waals surface area contributed by atoms with Gasteiger partial charge in [-0.1, -0.05) is 15.9 Å². The lowest BCUT2D eigenvalue weighted by molar-refractivity contribution is 0.0468. The lowest BCUT2D eigenvalue weighted by Crippen LogP contribution is -2.09. The van der Waals surface area contributed by atoms with Crippen LogP contribution in [-0.2, 0) is 11.3 Å². The minimum Gasteiger partial charge on any atom is -0.457 e. The fourth-order valence-corrected chi connectivity index (χ4v) is 3.13. The summed E-state index contributed by atoms with van der Waals surface area (Å²) < 4.78 is 11.3. The molecule has 1 aromatic carbocycles. The summed E-state index contributed by atoms with van der Waals surface area (Å²) in [6, 6.07) is 10.0. The second-order valence-electron chi connectivity index (χ2n) is 4.87. The molecule has 122 valence electrons. The first-order valence-electron chi connectivity index (χ1n) is 6.97. The van der Waals surface area contributed by atoms with E-state index in [4.69, 9.17) is 9.15 Å². The first-order valence-corrected chi connectivity index (χ1v) is 8.98. The van der Waals surface area contributed by atoms with Crippen LogP contribution in [-0.4, -0.2) is 17.2 Å². The van der Waals surface area contributed by atoms with Crippen molar-refractivity contribution >= 4 is 44.6 Å². The fraction of sp³-hybridized carbons (Fsp3) is 0.118. The molecule has 0 aliphatic heterocycles. The van der Waals surface area contributed by atoms with Crippen LogP contribution in [0.2, 0.25) is 0 Å². The van der Waals surface area contributed by atoms with Gasteiger partial charge in [-0.2, -0.15) is 0 Å². The van der Waals surface area contributed by atoms with E-state index in [0.29, 0.717) is 21.7 Å². The highest BCUT2D eigenvalue weighted by atomic mass is 79.9. The van der Waals surface area contributed by atoms with E-state index in [2.05, 4.69) is 20.9 Å². The second kappa shape index (κ2) is 7.19. The van der Waals surface area contributed by atoms with Gasteiger partial charge in [0, 0.05) is 27.7 Å². The maximum absolute atomic E-state index is 12.3. The Kier molecular flexibility index (Phi) is 5.01. The smallest absolute Gasteiger partial charge is 0.341 e. The number of benzene rings is 1. The quantitative estimate of drug-likeness (QED) is 0.370. The highest BCUT2D eigenvalue weighted by Gasteiger charge is 2.14. The zero-order chi connectivity index (χ0) is 17.1. The summed E-state index contributed by atoms with van der Waals surface area (Å²) in [5.41, 5.74) is 0.948. The van der Waals surface area contributed by atoms with Gasteiger partial charge in [-0.15, -0.1) is 11.8 Å². The van der Waals surface area contributed by atoms with Gasteiger partial charge in [0.25, 0.3) is 0 Å². The van der Waals surface area contributed by atoms with Crippen LogP contribution in [0.25, 0.3) is 11.0 Å². The Labute approximate surface area is 150 Å². The molecule has 0 amide bonds. The summed E-state index contributed by atoms with van der Waals surface area (Å²) in [7, 11) is 0. The van der Waals surface area contributed by atoms with Gasteiger partial charge in [0.1, 0.15) is 17.2 Å². The number of pyridine rings is 1. The SMILES string of the molecule is CSc1ncccc1C(=O)OCc1cc(=O)oc2cc(Br)ccc12. The van der Waals surface area contributed by atoms with Crippen molar-refractivity contribution in [2.45, 2.75) is 11.6 Å². The average molecular weight is 406 g/mol. The van der Waals surface area contributed by atoms with E-state index >= 15 is 0 Å². The molecular formula is C17H12BrNO4S. The molecule has 0 bridgehead atoms. The zero-order valence-electron chi connectivity index (χ0n) is 12.6. The van der Waals surface area contributed by atoms with Crippen LogP contribution in [0.15, 0.2) is 61.3 Å². The van der Waals surface area contributed by atoms with Crippen LogP contribution in [0, 0.1) is 0 Å². The Morgan fingerprint density at radius 2 is 2.17 bits per heavy atom. The molecule has 0 spiro atoms. The number of aromatic nitrogens is 1. The largest absolute Gasteiger partial charge is 0.457 e. The summed E-state index contributed by atoms with van der Waals surface area (Å²) in [6.45, 7) is -0.0225. The zero-order valence-corrected chi connectivity index (χ0v) is 15.0. The van der Waals surface area contributed by atoms with E-state index in [-0.39, 0.29) is 6.61 Å². The Morgan fingerprint density at radius 3 is 2.96 bits per heavy atom. The number of nitrogens with zero attached hydrogens (tertiary/aromatic N) is 1.